The van der Waals surface area contributed by atoms with Gasteiger partial charge in [0.05, 0.1) is 18.3 Å². The zero-order valence-electron chi connectivity index (χ0n) is 13.6. The molecule has 0 aliphatic carbocycles. The molecule has 0 saturated heterocycles. The molecule has 25 heavy (non-hydrogen) atoms. The van der Waals surface area contributed by atoms with E-state index in [1.165, 1.54) is 10.6 Å². The second-order valence-electron chi connectivity index (χ2n) is 5.23. The van der Waals surface area contributed by atoms with E-state index in [-0.39, 0.29) is 5.91 Å². The smallest absolute Gasteiger partial charge is 0.420 e. The maximum Gasteiger partial charge on any atom is 0.420 e. The van der Waals surface area contributed by atoms with Crippen molar-refractivity contribution in [3.63, 3.8) is 0 Å². The Balaban J connectivity index is 1.61. The van der Waals surface area contributed by atoms with Crippen LogP contribution in [0.4, 0.5) is 0 Å². The van der Waals surface area contributed by atoms with Gasteiger partial charge in [0.25, 0.3) is 0 Å². The molecule has 0 fully saturated rings. The van der Waals surface area contributed by atoms with Crippen molar-refractivity contribution in [1.82, 2.24) is 14.9 Å². The van der Waals surface area contributed by atoms with Gasteiger partial charge >= 0.3 is 5.76 Å². The van der Waals surface area contributed by atoms with E-state index in [1.54, 1.807) is 49.7 Å². The van der Waals surface area contributed by atoms with Crippen LogP contribution in [0, 0.1) is 0 Å². The topological polar surface area (TPSA) is 86.4 Å². The Labute approximate surface area is 143 Å². The number of rotatable bonds is 6. The third-order valence-electron chi connectivity index (χ3n) is 3.60. The molecule has 0 unspecified atom stereocenters. The lowest BCUT2D eigenvalue weighted by atomic mass is 10.3. The third-order valence-corrected chi connectivity index (χ3v) is 3.60. The number of carbonyl (C=O) groups is 1. The highest BCUT2D eigenvalue weighted by Crippen LogP contribution is 2.19. The third kappa shape index (κ3) is 3.95. The van der Waals surface area contributed by atoms with Crippen molar-refractivity contribution in [2.75, 3.05) is 13.7 Å². The molecule has 1 N–H and O–H groups in total. The van der Waals surface area contributed by atoms with Gasteiger partial charge in [-0.25, -0.2) is 4.79 Å². The number of nitrogens with one attached hydrogen (secondary N) is 1. The zero-order valence-corrected chi connectivity index (χ0v) is 13.6. The van der Waals surface area contributed by atoms with Gasteiger partial charge in [-0.1, -0.05) is 6.07 Å². The molecule has 0 aliphatic rings. The molecule has 0 saturated carbocycles. The van der Waals surface area contributed by atoms with Crippen LogP contribution in [0.5, 0.6) is 5.75 Å². The Morgan fingerprint density at radius 1 is 1.36 bits per heavy atom. The molecule has 0 aliphatic heterocycles. The van der Waals surface area contributed by atoms with Crippen LogP contribution in [0.25, 0.3) is 17.2 Å². The van der Waals surface area contributed by atoms with Gasteiger partial charge in [0.2, 0.25) is 5.91 Å². The second-order valence-corrected chi connectivity index (χ2v) is 5.23. The number of methoxy groups -OCH3 is 1. The first-order valence-electron chi connectivity index (χ1n) is 7.72. The van der Waals surface area contributed by atoms with Gasteiger partial charge in [-0.2, -0.15) is 0 Å². The highest BCUT2D eigenvalue weighted by atomic mass is 16.5. The van der Waals surface area contributed by atoms with Gasteiger partial charge in [0.1, 0.15) is 5.75 Å². The molecule has 2 heterocycles. The first-order chi connectivity index (χ1) is 12.2. The van der Waals surface area contributed by atoms with Gasteiger partial charge in [0.15, 0.2) is 5.58 Å². The van der Waals surface area contributed by atoms with Crippen LogP contribution in [-0.4, -0.2) is 29.1 Å². The number of hydrogen-bond acceptors (Lipinski definition) is 5. The van der Waals surface area contributed by atoms with E-state index in [0.717, 1.165) is 0 Å². The number of nitrogens with zero attached hydrogens (tertiary/aromatic N) is 2. The van der Waals surface area contributed by atoms with Crippen LogP contribution < -0.4 is 15.8 Å². The van der Waals surface area contributed by atoms with Crippen molar-refractivity contribution in [2.45, 2.75) is 6.54 Å². The normalized spacial score (nSPS) is 11.1. The quantitative estimate of drug-likeness (QED) is 0.693. The Morgan fingerprint density at radius 2 is 2.24 bits per heavy atom. The Bertz CT molecular complexity index is 957. The molecule has 3 aromatic rings. The molecular weight excluding hydrogens is 322 g/mol. The highest BCUT2D eigenvalue weighted by molar-refractivity contribution is 5.91. The monoisotopic (exact) mass is 339 g/mol. The number of carbonyl (C=O) groups excluding carboxylic acids is 1. The van der Waals surface area contributed by atoms with Crippen LogP contribution in [0.1, 0.15) is 5.69 Å². The van der Waals surface area contributed by atoms with Crippen LogP contribution in [0.2, 0.25) is 0 Å². The lowest BCUT2D eigenvalue weighted by molar-refractivity contribution is -0.116. The predicted molar refractivity (Wildman–Crippen MR) is 93.3 cm³/mol. The average Bonchev–Trinajstić information content (AvgIpc) is 2.95. The Kier molecular flexibility index (Phi) is 4.94. The lowest BCUT2D eigenvalue weighted by Crippen LogP contribution is -2.28. The summed E-state index contributed by atoms with van der Waals surface area (Å²) in [5, 5.41) is 2.73. The summed E-state index contributed by atoms with van der Waals surface area (Å²) < 4.78 is 11.8. The maximum atomic E-state index is 11.9. The fourth-order valence-corrected chi connectivity index (χ4v) is 2.37. The molecule has 1 amide bonds. The summed E-state index contributed by atoms with van der Waals surface area (Å²) in [4.78, 5) is 27.9. The number of amides is 1. The summed E-state index contributed by atoms with van der Waals surface area (Å²) in [5.41, 5.74) is 1.80. The SMILES string of the molecule is COc1ccc2c(c1)oc(=O)n2CCNC(=O)/C=C/c1ccccn1. The number of oxazole rings is 1. The van der Waals surface area contributed by atoms with E-state index in [4.69, 9.17) is 9.15 Å². The fourth-order valence-electron chi connectivity index (χ4n) is 2.37. The van der Waals surface area contributed by atoms with E-state index in [0.29, 0.717) is 35.6 Å². The molecule has 0 radical (unpaired) electrons. The molecule has 0 atom stereocenters. The van der Waals surface area contributed by atoms with Crippen molar-refractivity contribution >= 4 is 23.1 Å². The summed E-state index contributed by atoms with van der Waals surface area (Å²) in [6.07, 6.45) is 4.69. The molecule has 7 heteroatoms. The molecular formula is C18H17N3O4. The predicted octanol–water partition coefficient (Wildman–Crippen LogP) is 1.83. The van der Waals surface area contributed by atoms with Crippen molar-refractivity contribution in [3.05, 3.63) is 64.9 Å². The molecule has 128 valence electrons. The fraction of sp³-hybridized carbons (Fsp3) is 0.167. The Morgan fingerprint density at radius 3 is 3.00 bits per heavy atom. The summed E-state index contributed by atoms with van der Waals surface area (Å²) in [7, 11) is 1.55. The summed E-state index contributed by atoms with van der Waals surface area (Å²) >= 11 is 0. The molecule has 7 nitrogen and oxygen atoms in total. The summed E-state index contributed by atoms with van der Waals surface area (Å²) in [6, 6.07) is 10.6. The molecule has 3 rings (SSSR count). The largest absolute Gasteiger partial charge is 0.497 e. The minimum atomic E-state index is -0.471. The zero-order chi connectivity index (χ0) is 17.6. The number of fused-ring (bicyclic) bond motifs is 1. The number of hydrogen-bond donors (Lipinski definition) is 1. The molecule has 1 aromatic carbocycles. The number of benzene rings is 1. The minimum Gasteiger partial charge on any atom is -0.497 e. The van der Waals surface area contributed by atoms with E-state index < -0.39 is 5.76 Å². The number of aromatic nitrogens is 2. The molecule has 2 aromatic heterocycles. The molecule has 0 spiro atoms. The lowest BCUT2D eigenvalue weighted by Gasteiger charge is -2.04. The summed E-state index contributed by atoms with van der Waals surface area (Å²) in [6.45, 7) is 0.604. The van der Waals surface area contributed by atoms with Crippen molar-refractivity contribution < 1.29 is 13.9 Å². The van der Waals surface area contributed by atoms with Crippen LogP contribution in [-0.2, 0) is 11.3 Å². The first kappa shape index (κ1) is 16.5. The van der Waals surface area contributed by atoms with E-state index in [9.17, 15) is 9.59 Å². The van der Waals surface area contributed by atoms with Crippen LogP contribution in [0.15, 0.2) is 57.9 Å². The number of pyridine rings is 1. The maximum absolute atomic E-state index is 11.9. The average molecular weight is 339 g/mol. The first-order valence-corrected chi connectivity index (χ1v) is 7.72. The van der Waals surface area contributed by atoms with E-state index >= 15 is 0 Å². The van der Waals surface area contributed by atoms with E-state index in [2.05, 4.69) is 10.3 Å². The summed E-state index contributed by atoms with van der Waals surface area (Å²) in [5.74, 6) is -0.115. The van der Waals surface area contributed by atoms with Crippen molar-refractivity contribution in [2.24, 2.45) is 0 Å². The van der Waals surface area contributed by atoms with Crippen LogP contribution >= 0.6 is 0 Å². The van der Waals surface area contributed by atoms with Gasteiger partial charge in [-0.15, -0.1) is 0 Å². The highest BCUT2D eigenvalue weighted by Gasteiger charge is 2.10. The van der Waals surface area contributed by atoms with Gasteiger partial charge in [-0.05, 0) is 30.3 Å². The van der Waals surface area contributed by atoms with Gasteiger partial charge in [-0.3, -0.25) is 14.3 Å². The Hall–Kier alpha value is -3.35. The molecule has 0 bridgehead atoms. The second kappa shape index (κ2) is 7.48. The van der Waals surface area contributed by atoms with Crippen molar-refractivity contribution in [1.29, 1.82) is 0 Å². The minimum absolute atomic E-state index is 0.256. The van der Waals surface area contributed by atoms with Gasteiger partial charge < -0.3 is 14.5 Å². The van der Waals surface area contributed by atoms with Crippen molar-refractivity contribution in [3.8, 4) is 5.75 Å². The standard InChI is InChI=1S/C18H17N3O4/c1-24-14-6-7-15-16(12-14)25-18(23)21(15)11-10-20-17(22)8-5-13-4-2-3-9-19-13/h2-9,12H,10-11H2,1H3,(H,20,22)/b8-5+. The van der Waals surface area contributed by atoms with E-state index in [1.807, 2.05) is 6.07 Å². The number of ether oxygens (including phenoxy) is 1. The van der Waals surface area contributed by atoms with Gasteiger partial charge in [0, 0.05) is 31.4 Å². The van der Waals surface area contributed by atoms with Crippen LogP contribution in [0.3, 0.4) is 0 Å².